The SMILES string of the molecule is CC(C)(C)CC(=O)[C@@H]1CC[C@@H]([Si](C)(C)O)C1. The van der Waals surface area contributed by atoms with E-state index >= 15 is 0 Å². The first-order chi connectivity index (χ1) is 7.09. The van der Waals surface area contributed by atoms with E-state index < -0.39 is 8.32 Å². The van der Waals surface area contributed by atoms with Gasteiger partial charge in [-0.25, -0.2) is 0 Å². The van der Waals surface area contributed by atoms with Crippen LogP contribution >= 0.6 is 0 Å². The van der Waals surface area contributed by atoms with E-state index in [4.69, 9.17) is 0 Å². The number of hydrogen-bond donors (Lipinski definition) is 1. The molecule has 0 unspecified atom stereocenters. The van der Waals surface area contributed by atoms with Crippen molar-refractivity contribution in [2.75, 3.05) is 0 Å². The Morgan fingerprint density at radius 3 is 2.25 bits per heavy atom. The molecule has 2 nitrogen and oxygen atoms in total. The van der Waals surface area contributed by atoms with E-state index in [1.54, 1.807) is 0 Å². The zero-order valence-electron chi connectivity index (χ0n) is 11.3. The van der Waals surface area contributed by atoms with Crippen LogP contribution in [0.25, 0.3) is 0 Å². The fourth-order valence-electron chi connectivity index (χ4n) is 2.58. The Balaban J connectivity index is 2.51. The molecule has 0 radical (unpaired) electrons. The predicted octanol–water partition coefficient (Wildman–Crippen LogP) is 3.36. The Morgan fingerprint density at radius 2 is 1.88 bits per heavy atom. The number of carbonyl (C=O) groups excluding carboxylic acids is 1. The first-order valence-corrected chi connectivity index (χ1v) is 9.37. The third-order valence-electron chi connectivity index (χ3n) is 3.59. The molecule has 0 aromatic heterocycles. The molecule has 0 spiro atoms. The van der Waals surface area contributed by atoms with Crippen molar-refractivity contribution in [2.45, 2.75) is 65.1 Å². The standard InChI is InChI=1S/C13H26O2Si/c1-13(2,3)9-12(14)10-6-7-11(8-10)16(4,5)15/h10-11,15H,6-9H2,1-5H3/t10-,11-/m1/s1. The second-order valence-corrected chi connectivity index (χ2v) is 11.2. The van der Waals surface area contributed by atoms with Crippen LogP contribution in [0.2, 0.25) is 18.6 Å². The molecule has 0 heterocycles. The van der Waals surface area contributed by atoms with Crippen LogP contribution in [-0.4, -0.2) is 18.9 Å². The largest absolute Gasteiger partial charge is 0.432 e. The van der Waals surface area contributed by atoms with E-state index in [2.05, 4.69) is 20.8 Å². The summed E-state index contributed by atoms with van der Waals surface area (Å²) < 4.78 is 0. The van der Waals surface area contributed by atoms with Gasteiger partial charge in [0, 0.05) is 12.3 Å². The zero-order valence-corrected chi connectivity index (χ0v) is 12.3. The van der Waals surface area contributed by atoms with Crippen molar-refractivity contribution < 1.29 is 9.59 Å². The van der Waals surface area contributed by atoms with E-state index in [1.807, 2.05) is 13.1 Å². The lowest BCUT2D eigenvalue weighted by atomic mass is 9.85. The Hall–Kier alpha value is -0.153. The van der Waals surface area contributed by atoms with Crippen molar-refractivity contribution in [1.82, 2.24) is 0 Å². The average Bonchev–Trinajstić information content (AvgIpc) is 2.46. The third-order valence-corrected chi connectivity index (χ3v) is 6.11. The maximum Gasteiger partial charge on any atom is 0.185 e. The molecule has 1 fully saturated rings. The lowest BCUT2D eigenvalue weighted by Gasteiger charge is -2.23. The number of rotatable bonds is 3. The van der Waals surface area contributed by atoms with Gasteiger partial charge in [-0.2, -0.15) is 0 Å². The van der Waals surface area contributed by atoms with Crippen molar-refractivity contribution >= 4 is 14.1 Å². The van der Waals surface area contributed by atoms with Crippen LogP contribution in [0.4, 0.5) is 0 Å². The second kappa shape index (κ2) is 4.61. The first-order valence-electron chi connectivity index (χ1n) is 6.35. The fraction of sp³-hybridized carbons (Fsp3) is 0.923. The minimum absolute atomic E-state index is 0.0985. The second-order valence-electron chi connectivity index (χ2n) is 7.06. The van der Waals surface area contributed by atoms with Crippen molar-refractivity contribution in [3.8, 4) is 0 Å². The summed E-state index contributed by atoms with van der Waals surface area (Å²) >= 11 is 0. The molecule has 0 amide bonds. The van der Waals surface area contributed by atoms with Gasteiger partial charge in [-0.1, -0.05) is 27.2 Å². The van der Waals surface area contributed by atoms with E-state index in [0.717, 1.165) is 19.3 Å². The zero-order chi connectivity index (χ0) is 12.6. The highest BCUT2D eigenvalue weighted by Gasteiger charge is 2.39. The highest BCUT2D eigenvalue weighted by molar-refractivity contribution is 6.71. The van der Waals surface area contributed by atoms with Crippen molar-refractivity contribution in [3.05, 3.63) is 0 Å². The lowest BCUT2D eigenvalue weighted by Crippen LogP contribution is -2.31. The van der Waals surface area contributed by atoms with Gasteiger partial charge in [0.05, 0.1) is 0 Å². The van der Waals surface area contributed by atoms with Crippen LogP contribution in [0.15, 0.2) is 0 Å². The molecule has 16 heavy (non-hydrogen) atoms. The average molecular weight is 242 g/mol. The quantitative estimate of drug-likeness (QED) is 0.771. The minimum Gasteiger partial charge on any atom is -0.432 e. The van der Waals surface area contributed by atoms with Crippen molar-refractivity contribution in [3.63, 3.8) is 0 Å². The van der Waals surface area contributed by atoms with Crippen LogP contribution in [0, 0.1) is 11.3 Å². The molecule has 3 heteroatoms. The fourth-order valence-corrected chi connectivity index (χ4v) is 4.32. The number of Topliss-reactive ketones (excluding diaryl/α,β-unsaturated/α-hetero) is 1. The molecule has 1 saturated carbocycles. The highest BCUT2D eigenvalue weighted by Crippen LogP contribution is 2.42. The van der Waals surface area contributed by atoms with E-state index in [-0.39, 0.29) is 11.3 Å². The molecule has 0 aliphatic heterocycles. The van der Waals surface area contributed by atoms with E-state index in [9.17, 15) is 9.59 Å². The summed E-state index contributed by atoms with van der Waals surface area (Å²) in [7, 11) is -2.02. The summed E-state index contributed by atoms with van der Waals surface area (Å²) in [5.74, 6) is 0.636. The summed E-state index contributed by atoms with van der Waals surface area (Å²) in [6, 6.07) is 0. The molecule has 0 aromatic carbocycles. The molecule has 0 bridgehead atoms. The number of ketones is 1. The van der Waals surface area contributed by atoms with Crippen LogP contribution in [-0.2, 0) is 4.79 Å². The Labute approximate surface area is 101 Å². The van der Waals surface area contributed by atoms with Gasteiger partial charge in [-0.15, -0.1) is 0 Å². The predicted molar refractivity (Wildman–Crippen MR) is 69.9 cm³/mol. The van der Waals surface area contributed by atoms with Crippen LogP contribution in [0.5, 0.6) is 0 Å². The van der Waals surface area contributed by atoms with Crippen molar-refractivity contribution in [2.24, 2.45) is 11.3 Å². The Bertz CT molecular complexity index is 260. The van der Waals surface area contributed by atoms with E-state index in [0.29, 0.717) is 17.7 Å². The lowest BCUT2D eigenvalue weighted by molar-refractivity contribution is -0.124. The number of hydrogen-bond acceptors (Lipinski definition) is 2. The number of carbonyl (C=O) groups is 1. The van der Waals surface area contributed by atoms with Gasteiger partial charge < -0.3 is 4.80 Å². The van der Waals surface area contributed by atoms with Crippen LogP contribution < -0.4 is 0 Å². The smallest absolute Gasteiger partial charge is 0.185 e. The highest BCUT2D eigenvalue weighted by atomic mass is 28.4. The molecule has 0 saturated heterocycles. The summed E-state index contributed by atoms with van der Waals surface area (Å²) in [6.07, 6.45) is 3.66. The monoisotopic (exact) mass is 242 g/mol. The summed E-state index contributed by atoms with van der Waals surface area (Å²) in [6.45, 7) is 10.3. The maximum atomic E-state index is 12.1. The Kier molecular flexibility index (Phi) is 4.01. The summed E-state index contributed by atoms with van der Waals surface area (Å²) in [4.78, 5) is 22.1. The van der Waals surface area contributed by atoms with Gasteiger partial charge in [-0.3, -0.25) is 4.79 Å². The van der Waals surface area contributed by atoms with E-state index in [1.165, 1.54) is 0 Å². The third kappa shape index (κ3) is 4.02. The van der Waals surface area contributed by atoms with Gasteiger partial charge in [0.25, 0.3) is 0 Å². The molecule has 94 valence electrons. The first kappa shape index (κ1) is 13.9. The van der Waals surface area contributed by atoms with Crippen LogP contribution in [0.3, 0.4) is 0 Å². The molecule has 0 aromatic rings. The van der Waals surface area contributed by atoms with Gasteiger partial charge in [0.2, 0.25) is 0 Å². The molecular weight excluding hydrogens is 216 g/mol. The van der Waals surface area contributed by atoms with Gasteiger partial charge >= 0.3 is 0 Å². The molecular formula is C13H26O2Si. The molecule has 2 atom stereocenters. The van der Waals surface area contributed by atoms with Gasteiger partial charge in [0.15, 0.2) is 8.32 Å². The Morgan fingerprint density at radius 1 is 1.31 bits per heavy atom. The summed E-state index contributed by atoms with van der Waals surface area (Å²) in [5.41, 5.74) is 0.530. The van der Waals surface area contributed by atoms with Gasteiger partial charge in [-0.05, 0) is 36.9 Å². The summed E-state index contributed by atoms with van der Waals surface area (Å²) in [5, 5.41) is 0. The minimum atomic E-state index is -2.02. The van der Waals surface area contributed by atoms with Crippen molar-refractivity contribution in [1.29, 1.82) is 0 Å². The molecule has 1 rings (SSSR count). The van der Waals surface area contributed by atoms with Gasteiger partial charge in [0.1, 0.15) is 5.78 Å². The van der Waals surface area contributed by atoms with Crippen LogP contribution in [0.1, 0.15) is 46.5 Å². The molecule has 1 N–H and O–H groups in total. The topological polar surface area (TPSA) is 37.3 Å². The molecule has 1 aliphatic rings. The molecule has 1 aliphatic carbocycles. The normalized spacial score (nSPS) is 27.1. The maximum absolute atomic E-state index is 12.1.